The van der Waals surface area contributed by atoms with E-state index in [0.29, 0.717) is 6.61 Å². The summed E-state index contributed by atoms with van der Waals surface area (Å²) in [6.07, 6.45) is 0. The number of hydrogen-bond donors (Lipinski definition) is 0. The van der Waals surface area contributed by atoms with E-state index in [2.05, 4.69) is 30.0 Å². The van der Waals surface area contributed by atoms with E-state index in [1.165, 1.54) is 0 Å². The van der Waals surface area contributed by atoms with Crippen molar-refractivity contribution < 1.29 is 26.3 Å². The monoisotopic (exact) mass is 286 g/mol. The summed E-state index contributed by atoms with van der Waals surface area (Å²) < 4.78 is 4.52. The van der Waals surface area contributed by atoms with E-state index >= 15 is 0 Å². The fourth-order valence-electron chi connectivity index (χ4n) is 0.571. The van der Waals surface area contributed by atoms with Gasteiger partial charge in [-0.2, -0.15) is 18.2 Å². The molecule has 15 heavy (non-hydrogen) atoms. The van der Waals surface area contributed by atoms with Gasteiger partial charge in [-0.1, -0.05) is 0 Å². The Labute approximate surface area is 111 Å². The summed E-state index contributed by atoms with van der Waals surface area (Å²) >= 11 is 8.91. The van der Waals surface area contributed by atoms with Gasteiger partial charge >= 0.3 is 5.97 Å². The molecule has 1 rings (SSSR count). The summed E-state index contributed by atoms with van der Waals surface area (Å²) in [5.41, 5.74) is 0. The van der Waals surface area contributed by atoms with Gasteiger partial charge in [0.2, 0.25) is 0 Å². The van der Waals surface area contributed by atoms with E-state index in [-0.39, 0.29) is 21.7 Å². The molecule has 0 unspecified atom stereocenters. The minimum absolute atomic E-state index is 0. The SMILES string of the molecule is CCOC(=O)/C([S-])=C/[S-].[Co].c1cc[cH-]c1. The van der Waals surface area contributed by atoms with Crippen molar-refractivity contribution in [2.24, 2.45) is 0 Å². The summed E-state index contributed by atoms with van der Waals surface area (Å²) in [6.45, 7) is 2.05. The minimum atomic E-state index is -0.512. The Morgan fingerprint density at radius 3 is 2.27 bits per heavy atom. The third-order valence-electron chi connectivity index (χ3n) is 1.14. The van der Waals surface area contributed by atoms with Gasteiger partial charge in [0.25, 0.3) is 0 Å². The molecule has 0 aliphatic rings. The van der Waals surface area contributed by atoms with Crippen LogP contribution in [0.15, 0.2) is 40.6 Å². The van der Waals surface area contributed by atoms with Crippen LogP contribution in [0.25, 0.3) is 0 Å². The van der Waals surface area contributed by atoms with Crippen LogP contribution in [0, 0.1) is 0 Å². The zero-order valence-corrected chi connectivity index (χ0v) is 10.8. The quantitative estimate of drug-likeness (QED) is 0.359. The van der Waals surface area contributed by atoms with Crippen LogP contribution in [0.1, 0.15) is 6.92 Å². The normalized spacial score (nSPS) is 9.27. The molecule has 0 aliphatic heterocycles. The Balaban J connectivity index is 0. The van der Waals surface area contributed by atoms with Crippen LogP contribution in [0.5, 0.6) is 0 Å². The third-order valence-corrected chi connectivity index (χ3v) is 1.81. The fourth-order valence-corrected chi connectivity index (χ4v) is 0.726. The summed E-state index contributed by atoms with van der Waals surface area (Å²) in [5.74, 6) is -0.512. The van der Waals surface area contributed by atoms with Crippen molar-refractivity contribution in [3.05, 3.63) is 40.6 Å². The van der Waals surface area contributed by atoms with E-state index in [0.717, 1.165) is 5.41 Å². The zero-order chi connectivity index (χ0) is 10.8. The molecule has 0 atom stereocenters. The molecular formula is C10H11CoO2S2-3. The summed E-state index contributed by atoms with van der Waals surface area (Å²) in [6, 6.07) is 10.0. The van der Waals surface area contributed by atoms with Gasteiger partial charge < -0.3 is 30.0 Å². The fraction of sp³-hybridized carbons (Fsp3) is 0.200. The number of hydrogen-bond acceptors (Lipinski definition) is 4. The molecule has 0 bridgehead atoms. The largest absolute Gasteiger partial charge is 0.788 e. The predicted octanol–water partition coefficient (Wildman–Crippen LogP) is 1.89. The molecule has 0 fully saturated rings. The van der Waals surface area contributed by atoms with Gasteiger partial charge in [-0.25, -0.2) is 22.3 Å². The molecule has 0 saturated carbocycles. The van der Waals surface area contributed by atoms with Crippen LogP contribution in [-0.4, -0.2) is 12.6 Å². The van der Waals surface area contributed by atoms with E-state index < -0.39 is 5.97 Å². The summed E-state index contributed by atoms with van der Waals surface area (Å²) in [5, 5.41) is 1.13. The van der Waals surface area contributed by atoms with Crippen molar-refractivity contribution in [2.75, 3.05) is 6.61 Å². The second kappa shape index (κ2) is 11.6. The van der Waals surface area contributed by atoms with Crippen LogP contribution < -0.4 is 0 Å². The molecule has 0 saturated heterocycles. The average molecular weight is 286 g/mol. The van der Waals surface area contributed by atoms with Crippen molar-refractivity contribution in [3.63, 3.8) is 0 Å². The molecule has 1 radical (unpaired) electrons. The Morgan fingerprint density at radius 1 is 1.47 bits per heavy atom. The van der Waals surface area contributed by atoms with Gasteiger partial charge in [-0.15, -0.1) is 4.91 Å². The smallest absolute Gasteiger partial charge is 0.309 e. The van der Waals surface area contributed by atoms with Gasteiger partial charge in [0.05, 0.1) is 6.61 Å². The molecular weight excluding hydrogens is 275 g/mol. The Hall–Kier alpha value is -0.494. The number of carbonyl (C=O) groups is 1. The van der Waals surface area contributed by atoms with Gasteiger partial charge in [0.1, 0.15) is 0 Å². The van der Waals surface area contributed by atoms with E-state index in [1.54, 1.807) is 6.92 Å². The van der Waals surface area contributed by atoms with Crippen LogP contribution in [0.2, 0.25) is 0 Å². The molecule has 0 N–H and O–H groups in total. The van der Waals surface area contributed by atoms with Gasteiger partial charge in [-0.05, 0) is 6.92 Å². The second-order valence-electron chi connectivity index (χ2n) is 2.16. The van der Waals surface area contributed by atoms with Crippen molar-refractivity contribution in [1.82, 2.24) is 0 Å². The molecule has 0 heterocycles. The first-order valence-corrected chi connectivity index (χ1v) is 4.93. The molecule has 0 aromatic heterocycles. The average Bonchev–Trinajstić information content (AvgIpc) is 2.75. The molecule has 0 spiro atoms. The topological polar surface area (TPSA) is 26.3 Å². The minimum Gasteiger partial charge on any atom is -0.788 e. The third kappa shape index (κ3) is 9.80. The summed E-state index contributed by atoms with van der Waals surface area (Å²) in [7, 11) is 0. The van der Waals surface area contributed by atoms with E-state index in [1.807, 2.05) is 30.3 Å². The Kier molecular flexibility index (Phi) is 13.1. The maximum atomic E-state index is 10.5. The van der Waals surface area contributed by atoms with Crippen LogP contribution in [-0.2, 0) is 51.6 Å². The van der Waals surface area contributed by atoms with Crippen LogP contribution in [0.4, 0.5) is 0 Å². The van der Waals surface area contributed by atoms with E-state index in [9.17, 15) is 4.79 Å². The van der Waals surface area contributed by atoms with Crippen molar-refractivity contribution in [2.45, 2.75) is 6.92 Å². The Morgan fingerprint density at radius 2 is 2.00 bits per heavy atom. The number of rotatable bonds is 2. The van der Waals surface area contributed by atoms with Crippen molar-refractivity contribution in [1.29, 1.82) is 0 Å². The van der Waals surface area contributed by atoms with Gasteiger partial charge in [0, 0.05) is 16.8 Å². The summed E-state index contributed by atoms with van der Waals surface area (Å²) in [4.78, 5) is 10.6. The maximum Gasteiger partial charge on any atom is 0.309 e. The number of esters is 1. The molecule has 2 nitrogen and oxygen atoms in total. The number of ether oxygens (including phenoxy) is 1. The first-order valence-electron chi connectivity index (χ1n) is 4.05. The second-order valence-corrected chi connectivity index (χ2v) is 2.84. The van der Waals surface area contributed by atoms with Crippen molar-refractivity contribution >= 4 is 31.2 Å². The molecule has 0 aliphatic carbocycles. The van der Waals surface area contributed by atoms with E-state index in [4.69, 9.17) is 0 Å². The molecule has 5 heteroatoms. The van der Waals surface area contributed by atoms with Crippen LogP contribution >= 0.6 is 0 Å². The van der Waals surface area contributed by atoms with Gasteiger partial charge in [0.15, 0.2) is 0 Å². The molecule has 1 aromatic rings. The Bertz CT molecular complexity index is 254. The molecule has 0 amide bonds. The molecule has 1 aromatic carbocycles. The number of carbonyl (C=O) groups excluding carboxylic acids is 1. The standard InChI is InChI=1S/C5H8O2S2.C5H5.Co/c1-2-7-5(6)4(9)3-8;1-2-4-5-3-1;/h3,8-9H,2H2,1H3;1-5H;/q;-1;/p-2/b4-3-;;. The van der Waals surface area contributed by atoms with Gasteiger partial charge in [-0.3, -0.25) is 0 Å². The van der Waals surface area contributed by atoms with Crippen molar-refractivity contribution in [3.8, 4) is 0 Å². The first kappa shape index (κ1) is 16.9. The first-order chi connectivity index (χ1) is 6.72. The molecule has 87 valence electrons. The van der Waals surface area contributed by atoms with Crippen LogP contribution in [0.3, 0.4) is 0 Å². The zero-order valence-electron chi connectivity index (χ0n) is 8.14. The predicted molar refractivity (Wildman–Crippen MR) is 61.5 cm³/mol. The maximum absolute atomic E-state index is 10.5.